The lowest BCUT2D eigenvalue weighted by molar-refractivity contribution is -0.384. The van der Waals surface area contributed by atoms with Gasteiger partial charge in [0.25, 0.3) is 17.5 Å². The summed E-state index contributed by atoms with van der Waals surface area (Å²) in [6, 6.07) is 3.33. The fraction of sp³-hybridized carbons (Fsp3) is 0.500. The Kier molecular flexibility index (Phi) is 7.49. The Morgan fingerprint density at radius 3 is 2.50 bits per heavy atom. The molecule has 0 radical (unpaired) electrons. The van der Waals surface area contributed by atoms with Gasteiger partial charge in [-0.2, -0.15) is 0 Å². The van der Waals surface area contributed by atoms with Crippen LogP contribution in [-0.2, 0) is 19.1 Å². The molecule has 0 unspecified atom stereocenters. The van der Waals surface area contributed by atoms with Crippen molar-refractivity contribution in [3.05, 3.63) is 39.4 Å². The number of amides is 4. The minimum absolute atomic E-state index is 0.0440. The van der Waals surface area contributed by atoms with Gasteiger partial charge in [-0.15, -0.1) is 0 Å². The monoisotopic (exact) mass is 448 g/mol. The van der Waals surface area contributed by atoms with Crippen LogP contribution in [0.1, 0.15) is 33.6 Å². The summed E-state index contributed by atoms with van der Waals surface area (Å²) >= 11 is 0. The Labute approximate surface area is 183 Å². The van der Waals surface area contributed by atoms with Crippen molar-refractivity contribution in [1.29, 1.82) is 0 Å². The molecule has 1 saturated heterocycles. The zero-order chi connectivity index (χ0) is 23.3. The van der Waals surface area contributed by atoms with E-state index in [1.807, 2.05) is 0 Å². The van der Waals surface area contributed by atoms with Gasteiger partial charge in [-0.05, 0) is 18.9 Å². The summed E-state index contributed by atoms with van der Waals surface area (Å²) in [6.45, 7) is 0.941. The number of imide groups is 1. The SMILES string of the molecule is COCCOCC(=O)NC1CCN(C(=O)CN2C(=O)c3ccc([N+](=O)[O-])cc3C2=O)CC1. The van der Waals surface area contributed by atoms with Gasteiger partial charge in [0.2, 0.25) is 11.8 Å². The minimum Gasteiger partial charge on any atom is -0.382 e. The zero-order valence-corrected chi connectivity index (χ0v) is 17.6. The highest BCUT2D eigenvalue weighted by Crippen LogP contribution is 2.27. The molecule has 1 fully saturated rings. The van der Waals surface area contributed by atoms with Crippen molar-refractivity contribution in [2.24, 2.45) is 0 Å². The first-order chi connectivity index (χ1) is 15.3. The van der Waals surface area contributed by atoms with Gasteiger partial charge in [-0.3, -0.25) is 34.2 Å². The highest BCUT2D eigenvalue weighted by Gasteiger charge is 2.38. The van der Waals surface area contributed by atoms with Gasteiger partial charge in [0.05, 0.1) is 29.3 Å². The maximum Gasteiger partial charge on any atom is 0.270 e. The largest absolute Gasteiger partial charge is 0.382 e. The molecule has 0 aliphatic carbocycles. The summed E-state index contributed by atoms with van der Waals surface area (Å²) in [5.74, 6) is -2.02. The molecule has 2 heterocycles. The molecular formula is C20H24N4O8. The number of nitro benzene ring substituents is 1. The van der Waals surface area contributed by atoms with E-state index in [1.165, 1.54) is 11.0 Å². The number of rotatable bonds is 9. The summed E-state index contributed by atoms with van der Waals surface area (Å²) < 4.78 is 10.0. The number of carbonyl (C=O) groups is 4. The first-order valence-corrected chi connectivity index (χ1v) is 10.1. The first-order valence-electron chi connectivity index (χ1n) is 10.1. The van der Waals surface area contributed by atoms with Crippen molar-refractivity contribution in [2.75, 3.05) is 46.6 Å². The summed E-state index contributed by atoms with van der Waals surface area (Å²) in [5.41, 5.74) is -0.333. The van der Waals surface area contributed by atoms with E-state index in [1.54, 1.807) is 7.11 Å². The topological polar surface area (TPSA) is 148 Å². The molecule has 1 aromatic rings. The fourth-order valence-corrected chi connectivity index (χ4v) is 3.62. The number of nitro groups is 1. The van der Waals surface area contributed by atoms with Gasteiger partial charge in [-0.1, -0.05) is 0 Å². The lowest BCUT2D eigenvalue weighted by atomic mass is 10.0. The summed E-state index contributed by atoms with van der Waals surface area (Å²) in [6.07, 6.45) is 1.06. The van der Waals surface area contributed by atoms with E-state index in [2.05, 4.69) is 5.32 Å². The summed E-state index contributed by atoms with van der Waals surface area (Å²) in [5, 5.41) is 13.8. The predicted octanol–water partition coefficient (Wildman–Crippen LogP) is -0.0390. The van der Waals surface area contributed by atoms with Crippen LogP contribution in [0.3, 0.4) is 0 Å². The number of hydrogen-bond donors (Lipinski definition) is 1. The third-order valence-corrected chi connectivity index (χ3v) is 5.34. The smallest absolute Gasteiger partial charge is 0.270 e. The Balaban J connectivity index is 1.49. The van der Waals surface area contributed by atoms with Gasteiger partial charge in [0.15, 0.2) is 0 Å². The highest BCUT2D eigenvalue weighted by molar-refractivity contribution is 6.22. The van der Waals surface area contributed by atoms with E-state index in [0.29, 0.717) is 39.1 Å². The molecule has 0 spiro atoms. The Morgan fingerprint density at radius 2 is 1.84 bits per heavy atom. The molecule has 3 rings (SSSR count). The maximum absolute atomic E-state index is 12.7. The van der Waals surface area contributed by atoms with Crippen molar-refractivity contribution in [3.8, 4) is 0 Å². The molecule has 1 N–H and O–H groups in total. The number of non-ortho nitro benzene ring substituents is 1. The molecule has 0 bridgehead atoms. The van der Waals surface area contributed by atoms with E-state index in [-0.39, 0.29) is 35.4 Å². The van der Waals surface area contributed by atoms with Gasteiger partial charge in [0.1, 0.15) is 13.2 Å². The maximum atomic E-state index is 12.7. The molecule has 0 aromatic heterocycles. The lowest BCUT2D eigenvalue weighted by Gasteiger charge is -2.33. The van der Waals surface area contributed by atoms with Crippen LogP contribution in [0, 0.1) is 10.1 Å². The number of benzene rings is 1. The molecule has 172 valence electrons. The second-order valence-corrected chi connectivity index (χ2v) is 7.45. The Hall–Kier alpha value is -3.38. The molecule has 32 heavy (non-hydrogen) atoms. The standard InChI is InChI=1S/C20H24N4O8/c1-31-8-9-32-12-17(25)21-13-4-6-22(7-5-13)18(26)11-23-19(27)15-3-2-14(24(29)30)10-16(15)20(23)28/h2-3,10,13H,4-9,11-12H2,1H3,(H,21,25). The number of nitrogens with zero attached hydrogens (tertiary/aromatic N) is 3. The second kappa shape index (κ2) is 10.3. The molecular weight excluding hydrogens is 424 g/mol. The first kappa shape index (κ1) is 23.3. The Morgan fingerprint density at radius 1 is 1.16 bits per heavy atom. The number of nitrogens with one attached hydrogen (secondary N) is 1. The molecule has 2 aliphatic rings. The number of methoxy groups -OCH3 is 1. The molecule has 0 saturated carbocycles. The van der Waals surface area contributed by atoms with Crippen LogP contribution < -0.4 is 5.32 Å². The fourth-order valence-electron chi connectivity index (χ4n) is 3.62. The van der Waals surface area contributed by atoms with E-state index in [4.69, 9.17) is 9.47 Å². The van der Waals surface area contributed by atoms with E-state index < -0.39 is 29.2 Å². The minimum atomic E-state index is -0.724. The number of fused-ring (bicyclic) bond motifs is 1. The van der Waals surface area contributed by atoms with E-state index in [0.717, 1.165) is 17.0 Å². The van der Waals surface area contributed by atoms with Crippen molar-refractivity contribution < 1.29 is 33.6 Å². The molecule has 2 aliphatic heterocycles. The second-order valence-electron chi connectivity index (χ2n) is 7.45. The highest BCUT2D eigenvalue weighted by atomic mass is 16.6. The van der Waals surface area contributed by atoms with Crippen LogP contribution in [0.5, 0.6) is 0 Å². The van der Waals surface area contributed by atoms with E-state index in [9.17, 15) is 29.3 Å². The van der Waals surface area contributed by atoms with Crippen molar-refractivity contribution in [3.63, 3.8) is 0 Å². The quantitative estimate of drug-likeness (QED) is 0.239. The molecule has 12 nitrogen and oxygen atoms in total. The molecule has 12 heteroatoms. The molecule has 1 aromatic carbocycles. The zero-order valence-electron chi connectivity index (χ0n) is 17.6. The van der Waals surface area contributed by atoms with Crippen LogP contribution in [0.25, 0.3) is 0 Å². The third kappa shape index (κ3) is 5.26. The number of carbonyl (C=O) groups excluding carboxylic acids is 4. The number of likely N-dealkylation sites (tertiary alicyclic amines) is 1. The van der Waals surface area contributed by atoms with Crippen molar-refractivity contribution >= 4 is 29.3 Å². The van der Waals surface area contributed by atoms with Crippen LogP contribution in [-0.4, -0.2) is 91.0 Å². The van der Waals surface area contributed by atoms with Crippen LogP contribution >= 0.6 is 0 Å². The average Bonchev–Trinajstić information content (AvgIpc) is 3.01. The van der Waals surface area contributed by atoms with Gasteiger partial charge >= 0.3 is 0 Å². The molecule has 0 atom stereocenters. The summed E-state index contributed by atoms with van der Waals surface area (Å²) in [7, 11) is 1.54. The molecule has 4 amide bonds. The summed E-state index contributed by atoms with van der Waals surface area (Å²) in [4.78, 5) is 62.2. The predicted molar refractivity (Wildman–Crippen MR) is 109 cm³/mol. The van der Waals surface area contributed by atoms with Gasteiger partial charge in [-0.25, -0.2) is 0 Å². The number of ether oxygens (including phenoxy) is 2. The van der Waals surface area contributed by atoms with Crippen LogP contribution in [0.4, 0.5) is 5.69 Å². The van der Waals surface area contributed by atoms with Crippen LogP contribution in [0.15, 0.2) is 18.2 Å². The van der Waals surface area contributed by atoms with Crippen molar-refractivity contribution in [1.82, 2.24) is 15.1 Å². The lowest BCUT2D eigenvalue weighted by Crippen LogP contribution is -2.50. The van der Waals surface area contributed by atoms with Gasteiger partial charge in [0, 0.05) is 38.4 Å². The van der Waals surface area contributed by atoms with Crippen LogP contribution in [0.2, 0.25) is 0 Å². The van der Waals surface area contributed by atoms with Gasteiger partial charge < -0.3 is 19.7 Å². The normalized spacial score (nSPS) is 16.3. The average molecular weight is 448 g/mol. The number of hydrogen-bond acceptors (Lipinski definition) is 8. The van der Waals surface area contributed by atoms with E-state index >= 15 is 0 Å². The Bertz CT molecular complexity index is 926. The third-order valence-electron chi connectivity index (χ3n) is 5.34. The van der Waals surface area contributed by atoms with Crippen molar-refractivity contribution in [2.45, 2.75) is 18.9 Å². The number of piperidine rings is 1.